The number of likely N-dealkylation sites (tertiary alicyclic amines) is 1. The van der Waals surface area contributed by atoms with Crippen LogP contribution < -0.4 is 0 Å². The highest BCUT2D eigenvalue weighted by atomic mass is 16.4. The van der Waals surface area contributed by atoms with E-state index < -0.39 is 11.4 Å². The Morgan fingerprint density at radius 2 is 1.81 bits per heavy atom. The number of hydrogen-bond donors (Lipinski definition) is 1. The minimum absolute atomic E-state index is 0.0312. The van der Waals surface area contributed by atoms with Gasteiger partial charge >= 0.3 is 5.97 Å². The van der Waals surface area contributed by atoms with Crippen molar-refractivity contribution in [2.75, 3.05) is 27.2 Å². The first-order valence-corrected chi connectivity index (χ1v) is 8.12. The third-order valence-corrected chi connectivity index (χ3v) is 5.25. The monoisotopic (exact) mass is 296 g/mol. The maximum Gasteiger partial charge on any atom is 0.310 e. The maximum atomic E-state index is 12.5. The van der Waals surface area contributed by atoms with Crippen molar-refractivity contribution in [2.24, 2.45) is 5.41 Å². The Balaban J connectivity index is 2.00. The molecule has 1 amide bonds. The molecule has 0 spiro atoms. The molecule has 2 fully saturated rings. The molecule has 0 bridgehead atoms. The molecule has 1 aliphatic carbocycles. The fourth-order valence-corrected chi connectivity index (χ4v) is 3.66. The molecule has 1 saturated carbocycles. The van der Waals surface area contributed by atoms with Crippen molar-refractivity contribution in [1.82, 2.24) is 9.80 Å². The lowest BCUT2D eigenvalue weighted by Gasteiger charge is -2.29. The van der Waals surface area contributed by atoms with Crippen molar-refractivity contribution in [3.8, 4) is 0 Å². The second-order valence-corrected chi connectivity index (χ2v) is 6.92. The van der Waals surface area contributed by atoms with Gasteiger partial charge in [-0.2, -0.15) is 0 Å². The van der Waals surface area contributed by atoms with E-state index >= 15 is 0 Å². The first-order valence-electron chi connectivity index (χ1n) is 8.12. The van der Waals surface area contributed by atoms with Crippen molar-refractivity contribution in [3.05, 3.63) is 0 Å². The molecule has 0 aromatic heterocycles. The summed E-state index contributed by atoms with van der Waals surface area (Å²) in [6, 6.07) is 0.406. The number of nitrogens with zero attached hydrogens (tertiary/aromatic N) is 2. The van der Waals surface area contributed by atoms with Crippen molar-refractivity contribution < 1.29 is 14.7 Å². The van der Waals surface area contributed by atoms with Gasteiger partial charge in [0.2, 0.25) is 5.91 Å². The van der Waals surface area contributed by atoms with Gasteiger partial charge in [-0.1, -0.05) is 25.7 Å². The van der Waals surface area contributed by atoms with E-state index in [1.165, 1.54) is 0 Å². The van der Waals surface area contributed by atoms with Crippen LogP contribution in [0.3, 0.4) is 0 Å². The average Bonchev–Trinajstić information content (AvgIpc) is 2.81. The number of carbonyl (C=O) groups is 2. The number of rotatable bonds is 4. The molecule has 2 aliphatic rings. The number of carbonyl (C=O) groups excluding carboxylic acids is 1. The summed E-state index contributed by atoms with van der Waals surface area (Å²) >= 11 is 0. The van der Waals surface area contributed by atoms with Crippen LogP contribution in [0.5, 0.6) is 0 Å². The lowest BCUT2D eigenvalue weighted by Crippen LogP contribution is -2.40. The molecule has 1 N–H and O–H groups in total. The summed E-state index contributed by atoms with van der Waals surface area (Å²) in [6.45, 7) is 1.50. The summed E-state index contributed by atoms with van der Waals surface area (Å²) < 4.78 is 0. The molecule has 0 aromatic carbocycles. The fourth-order valence-electron chi connectivity index (χ4n) is 3.66. The van der Waals surface area contributed by atoms with Gasteiger partial charge in [-0.3, -0.25) is 9.59 Å². The van der Waals surface area contributed by atoms with Gasteiger partial charge in [0, 0.05) is 25.6 Å². The van der Waals surface area contributed by atoms with Gasteiger partial charge in [0.15, 0.2) is 0 Å². The molecule has 5 heteroatoms. The molecule has 0 aromatic rings. The Morgan fingerprint density at radius 1 is 1.19 bits per heavy atom. The minimum atomic E-state index is -0.816. The van der Waals surface area contributed by atoms with Crippen molar-refractivity contribution in [1.29, 1.82) is 0 Å². The molecule has 1 atom stereocenters. The summed E-state index contributed by atoms with van der Waals surface area (Å²) in [5.74, 6) is -0.746. The van der Waals surface area contributed by atoms with Crippen LogP contribution in [0.15, 0.2) is 0 Å². The molecule has 2 rings (SSSR count). The predicted octanol–water partition coefficient (Wildman–Crippen LogP) is 1.96. The van der Waals surface area contributed by atoms with Crippen LogP contribution in [0.1, 0.15) is 51.4 Å². The smallest absolute Gasteiger partial charge is 0.310 e. The van der Waals surface area contributed by atoms with Crippen LogP contribution in [0.2, 0.25) is 0 Å². The quantitative estimate of drug-likeness (QED) is 0.806. The molecule has 21 heavy (non-hydrogen) atoms. The highest BCUT2D eigenvalue weighted by Crippen LogP contribution is 2.39. The summed E-state index contributed by atoms with van der Waals surface area (Å²) in [4.78, 5) is 28.3. The van der Waals surface area contributed by atoms with Gasteiger partial charge in [-0.15, -0.1) is 0 Å². The molecule has 5 nitrogen and oxygen atoms in total. The lowest BCUT2D eigenvalue weighted by molar-refractivity contribution is -0.154. The summed E-state index contributed by atoms with van der Waals surface area (Å²) in [5, 5.41) is 9.67. The third-order valence-electron chi connectivity index (χ3n) is 5.25. The van der Waals surface area contributed by atoms with E-state index in [0.717, 1.165) is 45.2 Å². The molecule has 1 unspecified atom stereocenters. The minimum Gasteiger partial charge on any atom is -0.481 e. The first-order chi connectivity index (χ1) is 9.94. The second kappa shape index (κ2) is 6.77. The highest BCUT2D eigenvalue weighted by molar-refractivity contribution is 5.85. The number of carboxylic acids is 1. The number of hydrogen-bond acceptors (Lipinski definition) is 3. The van der Waals surface area contributed by atoms with E-state index in [1.807, 2.05) is 19.0 Å². The number of likely N-dealkylation sites (N-methyl/N-ethyl adjacent to an activating group) is 1. The fraction of sp³-hybridized carbons (Fsp3) is 0.875. The zero-order chi connectivity index (χ0) is 15.5. The van der Waals surface area contributed by atoms with Crippen molar-refractivity contribution in [3.63, 3.8) is 0 Å². The van der Waals surface area contributed by atoms with Crippen LogP contribution in [0.25, 0.3) is 0 Å². The van der Waals surface area contributed by atoms with E-state index in [4.69, 9.17) is 0 Å². The highest BCUT2D eigenvalue weighted by Gasteiger charge is 2.42. The van der Waals surface area contributed by atoms with Crippen LogP contribution in [-0.2, 0) is 9.59 Å². The van der Waals surface area contributed by atoms with Gasteiger partial charge in [0.05, 0.1) is 5.41 Å². The first kappa shape index (κ1) is 16.3. The Labute approximate surface area is 127 Å². The van der Waals surface area contributed by atoms with E-state index in [2.05, 4.69) is 4.90 Å². The van der Waals surface area contributed by atoms with E-state index in [1.54, 1.807) is 0 Å². The molecule has 1 heterocycles. The molecule has 1 aliphatic heterocycles. The van der Waals surface area contributed by atoms with Gasteiger partial charge in [0.1, 0.15) is 0 Å². The van der Waals surface area contributed by atoms with Gasteiger partial charge in [0.25, 0.3) is 0 Å². The number of amides is 1. The van der Waals surface area contributed by atoms with Gasteiger partial charge in [-0.25, -0.2) is 0 Å². The van der Waals surface area contributed by atoms with Crippen LogP contribution in [-0.4, -0.2) is 60.0 Å². The zero-order valence-corrected chi connectivity index (χ0v) is 13.3. The van der Waals surface area contributed by atoms with E-state index in [9.17, 15) is 14.7 Å². The standard InChI is InChI=1S/C16H28N2O3/c1-17(2)13-7-10-18(12-13)14(19)11-16(15(20)21)8-5-3-4-6-9-16/h13H,3-12H2,1-2H3,(H,20,21). The lowest BCUT2D eigenvalue weighted by atomic mass is 9.77. The van der Waals surface area contributed by atoms with E-state index in [0.29, 0.717) is 18.9 Å². The Hall–Kier alpha value is -1.10. The van der Waals surface area contributed by atoms with E-state index in [-0.39, 0.29) is 12.3 Å². The number of carboxylic acid groups (broad SMARTS) is 1. The summed E-state index contributed by atoms with van der Waals surface area (Å²) in [7, 11) is 4.06. The van der Waals surface area contributed by atoms with Gasteiger partial charge in [-0.05, 0) is 33.4 Å². The van der Waals surface area contributed by atoms with Crippen LogP contribution in [0, 0.1) is 5.41 Å². The Morgan fingerprint density at radius 3 is 2.29 bits per heavy atom. The van der Waals surface area contributed by atoms with Crippen LogP contribution in [0.4, 0.5) is 0 Å². The third kappa shape index (κ3) is 3.76. The van der Waals surface area contributed by atoms with Gasteiger partial charge < -0.3 is 14.9 Å². The number of aliphatic carboxylic acids is 1. The zero-order valence-electron chi connectivity index (χ0n) is 13.3. The largest absolute Gasteiger partial charge is 0.481 e. The summed E-state index contributed by atoms with van der Waals surface area (Å²) in [5.41, 5.74) is -0.816. The molecular formula is C16H28N2O3. The SMILES string of the molecule is CN(C)C1CCN(C(=O)CC2(C(=O)O)CCCCCC2)C1. The average molecular weight is 296 g/mol. The van der Waals surface area contributed by atoms with Crippen molar-refractivity contribution >= 4 is 11.9 Å². The summed E-state index contributed by atoms with van der Waals surface area (Å²) in [6.07, 6.45) is 6.52. The Bertz CT molecular complexity index is 387. The second-order valence-electron chi connectivity index (χ2n) is 6.92. The molecule has 1 saturated heterocycles. The maximum absolute atomic E-state index is 12.5. The van der Waals surface area contributed by atoms with Crippen LogP contribution >= 0.6 is 0 Å². The Kier molecular flexibility index (Phi) is 5.25. The molecular weight excluding hydrogens is 268 g/mol. The molecule has 0 radical (unpaired) electrons. The molecule has 120 valence electrons. The topological polar surface area (TPSA) is 60.9 Å². The van der Waals surface area contributed by atoms with Crippen molar-refractivity contribution in [2.45, 2.75) is 57.4 Å². The predicted molar refractivity (Wildman–Crippen MR) is 81.1 cm³/mol. The normalized spacial score (nSPS) is 25.9.